The van der Waals surface area contributed by atoms with Crippen molar-refractivity contribution in [2.24, 2.45) is 0 Å². The van der Waals surface area contributed by atoms with Gasteiger partial charge in [-0.2, -0.15) is 0 Å². The third kappa shape index (κ3) is 3.53. The van der Waals surface area contributed by atoms with Gasteiger partial charge < -0.3 is 18.9 Å². The third-order valence-electron chi connectivity index (χ3n) is 3.57. The first kappa shape index (κ1) is 17.8. The molecule has 1 aliphatic carbocycles. The molecule has 0 spiro atoms. The van der Waals surface area contributed by atoms with Gasteiger partial charge in [0.05, 0.1) is 33.5 Å². The number of ketones is 1. The number of hydrogen-bond donors (Lipinski definition) is 0. The fourth-order valence-corrected chi connectivity index (χ4v) is 3.10. The molecule has 0 bridgehead atoms. The van der Waals surface area contributed by atoms with Gasteiger partial charge >= 0.3 is 0 Å². The second-order valence-electron chi connectivity index (χ2n) is 5.44. The summed E-state index contributed by atoms with van der Waals surface area (Å²) in [5.41, 5.74) is 1.20. The van der Waals surface area contributed by atoms with Crippen molar-refractivity contribution in [3.63, 3.8) is 0 Å². The topological polar surface area (TPSA) is 54.0 Å². The van der Waals surface area contributed by atoms with Crippen molar-refractivity contribution in [3.05, 3.63) is 21.7 Å². The summed E-state index contributed by atoms with van der Waals surface area (Å²) in [7, 11) is 4.60. The third-order valence-corrected chi connectivity index (χ3v) is 4.31. The first-order valence-electron chi connectivity index (χ1n) is 7.31. The van der Waals surface area contributed by atoms with Crippen LogP contribution < -0.4 is 14.2 Å². The molecule has 2 rings (SSSR count). The Morgan fingerprint density at radius 3 is 2.30 bits per heavy atom. The number of benzene rings is 1. The first-order chi connectivity index (χ1) is 10.9. The van der Waals surface area contributed by atoms with E-state index in [1.165, 1.54) is 21.3 Å². The number of rotatable bonds is 5. The molecule has 1 aromatic carbocycles. The van der Waals surface area contributed by atoms with E-state index in [0.29, 0.717) is 28.4 Å². The monoisotopic (exact) mass is 384 g/mol. The van der Waals surface area contributed by atoms with E-state index in [1.807, 2.05) is 19.9 Å². The quantitative estimate of drug-likeness (QED) is 0.771. The Kier molecular flexibility index (Phi) is 5.70. The fraction of sp³-hybridized carbons (Fsp3) is 0.471. The Morgan fingerprint density at radius 1 is 1.13 bits per heavy atom. The highest BCUT2D eigenvalue weighted by Crippen LogP contribution is 2.45. The van der Waals surface area contributed by atoms with Crippen molar-refractivity contribution in [3.8, 4) is 17.2 Å². The molecule has 0 fully saturated rings. The van der Waals surface area contributed by atoms with E-state index in [4.69, 9.17) is 18.9 Å². The molecule has 1 aromatic rings. The van der Waals surface area contributed by atoms with Gasteiger partial charge in [-0.05, 0) is 26.0 Å². The van der Waals surface area contributed by atoms with Crippen LogP contribution in [0.15, 0.2) is 10.5 Å². The number of hydrogen-bond acceptors (Lipinski definition) is 5. The standard InChI is InChI=1S/C17H21BrO5/c1-9(2)23-14-8-13(19)10-7-15(20-3)17(22-5)16(21-4)11(10)6-12(14)18/h6-7,9,14H,8H2,1-5H3. The molecule has 0 saturated heterocycles. The van der Waals surface area contributed by atoms with Gasteiger partial charge in [-0.1, -0.05) is 15.9 Å². The SMILES string of the molecule is COc1cc2c(c(OC)c1OC)C=C(Br)C(OC(C)C)CC2=O. The Hall–Kier alpha value is -1.53. The summed E-state index contributed by atoms with van der Waals surface area (Å²) in [5, 5.41) is 0. The first-order valence-corrected chi connectivity index (χ1v) is 8.10. The molecule has 0 aliphatic heterocycles. The van der Waals surface area contributed by atoms with Gasteiger partial charge in [0.25, 0.3) is 0 Å². The highest BCUT2D eigenvalue weighted by molar-refractivity contribution is 9.11. The van der Waals surface area contributed by atoms with Crippen LogP contribution in [0, 0.1) is 0 Å². The number of Topliss-reactive ketones (excluding diaryl/α,β-unsaturated/α-hetero) is 1. The van der Waals surface area contributed by atoms with Gasteiger partial charge in [-0.15, -0.1) is 0 Å². The summed E-state index contributed by atoms with van der Waals surface area (Å²) in [6, 6.07) is 1.69. The molecule has 0 N–H and O–H groups in total. The summed E-state index contributed by atoms with van der Waals surface area (Å²) in [5.74, 6) is 1.36. The fourth-order valence-electron chi connectivity index (χ4n) is 2.60. The minimum Gasteiger partial charge on any atom is -0.493 e. The molecule has 0 saturated carbocycles. The lowest BCUT2D eigenvalue weighted by atomic mass is 10.0. The lowest BCUT2D eigenvalue weighted by Crippen LogP contribution is -2.20. The van der Waals surface area contributed by atoms with E-state index in [1.54, 1.807) is 6.07 Å². The lowest BCUT2D eigenvalue weighted by Gasteiger charge is -2.18. The maximum atomic E-state index is 12.7. The number of methoxy groups -OCH3 is 3. The van der Waals surface area contributed by atoms with Crippen molar-refractivity contribution >= 4 is 27.8 Å². The molecule has 0 heterocycles. The van der Waals surface area contributed by atoms with Crippen LogP contribution in [0.4, 0.5) is 0 Å². The molecule has 0 aromatic heterocycles. The maximum absolute atomic E-state index is 12.7. The number of fused-ring (bicyclic) bond motifs is 1. The van der Waals surface area contributed by atoms with Gasteiger partial charge in [0.2, 0.25) is 5.75 Å². The molecule has 1 aliphatic rings. The zero-order chi connectivity index (χ0) is 17.1. The van der Waals surface area contributed by atoms with Gasteiger partial charge in [0, 0.05) is 22.0 Å². The predicted octanol–water partition coefficient (Wildman–Crippen LogP) is 3.83. The molecule has 1 unspecified atom stereocenters. The van der Waals surface area contributed by atoms with Crippen LogP contribution >= 0.6 is 15.9 Å². The number of carbonyl (C=O) groups excluding carboxylic acids is 1. The smallest absolute Gasteiger partial charge is 0.203 e. The van der Waals surface area contributed by atoms with Gasteiger partial charge in [-0.25, -0.2) is 0 Å². The van der Waals surface area contributed by atoms with Gasteiger partial charge in [-0.3, -0.25) is 4.79 Å². The molecule has 23 heavy (non-hydrogen) atoms. The van der Waals surface area contributed by atoms with Crippen molar-refractivity contribution in [2.45, 2.75) is 32.5 Å². The van der Waals surface area contributed by atoms with Gasteiger partial charge in [0.15, 0.2) is 17.3 Å². The summed E-state index contributed by atoms with van der Waals surface area (Å²) in [6.45, 7) is 3.88. The average Bonchev–Trinajstić information content (AvgIpc) is 2.62. The zero-order valence-electron chi connectivity index (χ0n) is 13.9. The van der Waals surface area contributed by atoms with E-state index in [2.05, 4.69) is 15.9 Å². The van der Waals surface area contributed by atoms with Crippen LogP contribution in [-0.4, -0.2) is 39.3 Å². The van der Waals surface area contributed by atoms with Crippen molar-refractivity contribution in [1.29, 1.82) is 0 Å². The Balaban J connectivity index is 2.64. The van der Waals surface area contributed by atoms with E-state index in [9.17, 15) is 4.79 Å². The van der Waals surface area contributed by atoms with Crippen LogP contribution in [0.2, 0.25) is 0 Å². The van der Waals surface area contributed by atoms with E-state index in [0.717, 1.165) is 4.48 Å². The molecule has 1 atom stereocenters. The Morgan fingerprint density at radius 2 is 1.78 bits per heavy atom. The van der Waals surface area contributed by atoms with E-state index >= 15 is 0 Å². The minimum atomic E-state index is -0.323. The molecule has 0 radical (unpaired) electrons. The molecule has 6 heteroatoms. The molecule has 5 nitrogen and oxygen atoms in total. The van der Waals surface area contributed by atoms with Gasteiger partial charge in [0.1, 0.15) is 0 Å². The van der Waals surface area contributed by atoms with Crippen LogP contribution in [0.1, 0.15) is 36.2 Å². The molecular weight excluding hydrogens is 364 g/mol. The minimum absolute atomic E-state index is 0.0148. The van der Waals surface area contributed by atoms with Crippen LogP contribution in [0.5, 0.6) is 17.2 Å². The maximum Gasteiger partial charge on any atom is 0.203 e. The number of carbonyl (C=O) groups is 1. The summed E-state index contributed by atoms with van der Waals surface area (Å²) in [6.07, 6.45) is 1.80. The van der Waals surface area contributed by atoms with E-state index < -0.39 is 0 Å². The number of halogens is 1. The highest BCUT2D eigenvalue weighted by Gasteiger charge is 2.29. The largest absolute Gasteiger partial charge is 0.493 e. The molecule has 126 valence electrons. The van der Waals surface area contributed by atoms with Crippen molar-refractivity contribution in [1.82, 2.24) is 0 Å². The lowest BCUT2D eigenvalue weighted by molar-refractivity contribution is 0.0300. The predicted molar refractivity (Wildman–Crippen MR) is 92.0 cm³/mol. The van der Waals surface area contributed by atoms with Crippen LogP contribution in [-0.2, 0) is 4.74 Å². The van der Waals surface area contributed by atoms with Crippen molar-refractivity contribution in [2.75, 3.05) is 21.3 Å². The summed E-state index contributed by atoms with van der Waals surface area (Å²) >= 11 is 3.53. The van der Waals surface area contributed by atoms with E-state index in [-0.39, 0.29) is 24.4 Å². The van der Waals surface area contributed by atoms with Crippen LogP contribution in [0.3, 0.4) is 0 Å². The van der Waals surface area contributed by atoms with Crippen molar-refractivity contribution < 1.29 is 23.7 Å². The number of ether oxygens (including phenoxy) is 4. The highest BCUT2D eigenvalue weighted by atomic mass is 79.9. The Bertz CT molecular complexity index is 636. The summed E-state index contributed by atoms with van der Waals surface area (Å²) in [4.78, 5) is 12.7. The Labute approximate surface area is 144 Å². The summed E-state index contributed by atoms with van der Waals surface area (Å²) < 4.78 is 22.8. The average molecular weight is 385 g/mol. The second kappa shape index (κ2) is 7.36. The molecule has 0 amide bonds. The molecular formula is C17H21BrO5. The normalized spacial score (nSPS) is 17.4. The second-order valence-corrected chi connectivity index (χ2v) is 6.35. The van der Waals surface area contributed by atoms with Crippen LogP contribution in [0.25, 0.3) is 6.08 Å². The zero-order valence-corrected chi connectivity index (χ0v) is 15.5.